The zero-order valence-corrected chi connectivity index (χ0v) is 19.0. The predicted molar refractivity (Wildman–Crippen MR) is 125 cm³/mol. The van der Waals surface area contributed by atoms with Crippen molar-refractivity contribution in [3.05, 3.63) is 53.5 Å². The summed E-state index contributed by atoms with van der Waals surface area (Å²) in [5.74, 6) is 0.139. The molecule has 1 aliphatic carbocycles. The van der Waals surface area contributed by atoms with Crippen molar-refractivity contribution in [2.75, 3.05) is 18.4 Å². The van der Waals surface area contributed by atoms with E-state index in [0.717, 1.165) is 18.4 Å². The van der Waals surface area contributed by atoms with Crippen molar-refractivity contribution in [3.8, 4) is 0 Å². The first kappa shape index (κ1) is 22.9. The Morgan fingerprint density at radius 3 is 2.33 bits per heavy atom. The molecule has 1 saturated carbocycles. The average molecular weight is 450 g/mol. The second-order valence-corrected chi connectivity index (χ2v) is 9.06. The van der Waals surface area contributed by atoms with E-state index in [1.165, 1.54) is 25.2 Å². The number of anilines is 1. The van der Waals surface area contributed by atoms with Crippen molar-refractivity contribution in [2.45, 2.75) is 57.9 Å². The van der Waals surface area contributed by atoms with E-state index in [9.17, 15) is 14.4 Å². The number of amides is 3. The number of rotatable bonds is 6. The lowest BCUT2D eigenvalue weighted by Crippen LogP contribution is -2.46. The third-order valence-electron chi connectivity index (χ3n) is 6.54. The van der Waals surface area contributed by atoms with Crippen LogP contribution in [0.15, 0.2) is 36.7 Å². The predicted octanol–water partition coefficient (Wildman–Crippen LogP) is 3.34. The van der Waals surface area contributed by atoms with Crippen LogP contribution in [0.25, 0.3) is 0 Å². The minimum atomic E-state index is -0.359. The number of benzene rings is 1. The number of carbonyl (C=O) groups excluding carboxylic acids is 3. The zero-order valence-electron chi connectivity index (χ0n) is 19.0. The molecular formula is C25H31N5O3. The van der Waals surface area contributed by atoms with Crippen LogP contribution in [0.1, 0.15) is 71.4 Å². The number of aromatic nitrogens is 2. The van der Waals surface area contributed by atoms with Gasteiger partial charge in [-0.2, -0.15) is 0 Å². The Hall–Kier alpha value is -3.29. The third-order valence-corrected chi connectivity index (χ3v) is 6.54. The number of nitrogens with zero attached hydrogens (tertiary/aromatic N) is 3. The maximum atomic E-state index is 12.9. The first-order chi connectivity index (χ1) is 16.0. The number of carbonyl (C=O) groups is 3. The van der Waals surface area contributed by atoms with E-state index < -0.39 is 0 Å². The quantitative estimate of drug-likeness (QED) is 0.704. The van der Waals surface area contributed by atoms with Gasteiger partial charge in [-0.3, -0.25) is 14.4 Å². The molecule has 1 aliphatic heterocycles. The van der Waals surface area contributed by atoms with Crippen molar-refractivity contribution in [3.63, 3.8) is 0 Å². The molecule has 174 valence electrons. The zero-order chi connectivity index (χ0) is 23.2. The van der Waals surface area contributed by atoms with Crippen LogP contribution in [-0.4, -0.2) is 51.7 Å². The number of aryl methyl sites for hydroxylation is 1. The molecule has 3 amide bonds. The van der Waals surface area contributed by atoms with Crippen LogP contribution >= 0.6 is 0 Å². The Balaban J connectivity index is 1.30. The van der Waals surface area contributed by atoms with Gasteiger partial charge >= 0.3 is 0 Å². The fourth-order valence-electron chi connectivity index (χ4n) is 4.61. The molecule has 0 spiro atoms. The van der Waals surface area contributed by atoms with Crippen LogP contribution in [0, 0.1) is 12.8 Å². The highest BCUT2D eigenvalue weighted by Gasteiger charge is 2.27. The first-order valence-corrected chi connectivity index (χ1v) is 11.8. The molecule has 0 atom stereocenters. The molecule has 1 saturated heterocycles. The Morgan fingerprint density at radius 2 is 1.64 bits per heavy atom. The molecule has 33 heavy (non-hydrogen) atoms. The molecule has 1 aromatic heterocycles. The van der Waals surface area contributed by atoms with E-state index in [1.807, 2.05) is 36.1 Å². The summed E-state index contributed by atoms with van der Waals surface area (Å²) in [7, 11) is 0. The van der Waals surface area contributed by atoms with Gasteiger partial charge in [-0.1, -0.05) is 30.5 Å². The normalized spacial score (nSPS) is 17.1. The standard InChI is InChI=1S/C25H31N5O3/c1-17-6-8-19(9-7-17)25(33)30-14-10-20(11-15-30)28-24(32)22-23(27-13-12-26-22)29-21(31)16-18-4-2-3-5-18/h6-9,12-13,18,20H,2-5,10-11,14-16H2,1H3,(H,28,32)(H,27,29,31). The Kier molecular flexibility index (Phi) is 7.32. The number of piperidine rings is 1. The fraction of sp³-hybridized carbons (Fsp3) is 0.480. The number of likely N-dealkylation sites (tertiary alicyclic amines) is 1. The van der Waals surface area contributed by atoms with Crippen molar-refractivity contribution < 1.29 is 14.4 Å². The highest BCUT2D eigenvalue weighted by Crippen LogP contribution is 2.27. The minimum absolute atomic E-state index is 0.0148. The van der Waals surface area contributed by atoms with E-state index in [4.69, 9.17) is 0 Å². The maximum Gasteiger partial charge on any atom is 0.273 e. The molecule has 0 bridgehead atoms. The lowest BCUT2D eigenvalue weighted by Gasteiger charge is -2.32. The van der Waals surface area contributed by atoms with E-state index in [-0.39, 0.29) is 35.3 Å². The van der Waals surface area contributed by atoms with Gasteiger partial charge < -0.3 is 15.5 Å². The van der Waals surface area contributed by atoms with Gasteiger partial charge in [0, 0.05) is 43.5 Å². The van der Waals surface area contributed by atoms with Gasteiger partial charge in [-0.15, -0.1) is 0 Å². The summed E-state index contributed by atoms with van der Waals surface area (Å²) in [4.78, 5) is 48.2. The summed E-state index contributed by atoms with van der Waals surface area (Å²) in [5, 5.41) is 5.77. The monoisotopic (exact) mass is 449 g/mol. The minimum Gasteiger partial charge on any atom is -0.348 e. The molecule has 8 heteroatoms. The van der Waals surface area contributed by atoms with Gasteiger partial charge in [0.2, 0.25) is 5.91 Å². The van der Waals surface area contributed by atoms with E-state index in [2.05, 4.69) is 20.6 Å². The SMILES string of the molecule is Cc1ccc(C(=O)N2CCC(NC(=O)c3nccnc3NC(=O)CC3CCCC3)CC2)cc1. The summed E-state index contributed by atoms with van der Waals surface area (Å²) >= 11 is 0. The van der Waals surface area contributed by atoms with Gasteiger partial charge in [0.05, 0.1) is 0 Å². The summed E-state index contributed by atoms with van der Waals surface area (Å²) < 4.78 is 0. The van der Waals surface area contributed by atoms with Crippen molar-refractivity contribution in [1.82, 2.24) is 20.2 Å². The average Bonchev–Trinajstić information content (AvgIpc) is 3.33. The van der Waals surface area contributed by atoms with Crippen molar-refractivity contribution in [2.24, 2.45) is 5.92 Å². The molecule has 4 rings (SSSR count). The second kappa shape index (κ2) is 10.6. The van der Waals surface area contributed by atoms with Crippen LogP contribution in [0.3, 0.4) is 0 Å². The molecule has 2 heterocycles. The van der Waals surface area contributed by atoms with Crippen LogP contribution in [-0.2, 0) is 4.79 Å². The first-order valence-electron chi connectivity index (χ1n) is 11.8. The smallest absolute Gasteiger partial charge is 0.273 e. The molecule has 2 fully saturated rings. The highest BCUT2D eigenvalue weighted by atomic mass is 16.2. The van der Waals surface area contributed by atoms with Crippen LogP contribution in [0.4, 0.5) is 5.82 Å². The van der Waals surface area contributed by atoms with Gasteiger partial charge in [0.1, 0.15) is 0 Å². The van der Waals surface area contributed by atoms with Crippen molar-refractivity contribution in [1.29, 1.82) is 0 Å². The highest BCUT2D eigenvalue weighted by molar-refractivity contribution is 6.01. The third kappa shape index (κ3) is 5.94. The largest absolute Gasteiger partial charge is 0.348 e. The molecule has 0 radical (unpaired) electrons. The summed E-state index contributed by atoms with van der Waals surface area (Å²) in [6.07, 6.45) is 9.18. The van der Waals surface area contributed by atoms with Crippen LogP contribution < -0.4 is 10.6 Å². The Labute approximate surface area is 194 Å². The van der Waals surface area contributed by atoms with E-state index in [0.29, 0.717) is 43.8 Å². The Bertz CT molecular complexity index is 993. The van der Waals surface area contributed by atoms with Crippen LogP contribution in [0.5, 0.6) is 0 Å². The fourth-order valence-corrected chi connectivity index (χ4v) is 4.61. The maximum absolute atomic E-state index is 12.9. The summed E-state index contributed by atoms with van der Waals surface area (Å²) in [5.41, 5.74) is 1.92. The van der Waals surface area contributed by atoms with E-state index >= 15 is 0 Å². The van der Waals surface area contributed by atoms with Gasteiger partial charge in [0.15, 0.2) is 11.5 Å². The molecule has 0 unspecified atom stereocenters. The van der Waals surface area contributed by atoms with Gasteiger partial charge in [0.25, 0.3) is 11.8 Å². The Morgan fingerprint density at radius 1 is 0.970 bits per heavy atom. The molecule has 2 aromatic rings. The number of hydrogen-bond acceptors (Lipinski definition) is 5. The topological polar surface area (TPSA) is 104 Å². The lowest BCUT2D eigenvalue weighted by molar-refractivity contribution is -0.117. The molecule has 2 aliphatic rings. The molecule has 8 nitrogen and oxygen atoms in total. The summed E-state index contributed by atoms with van der Waals surface area (Å²) in [6.45, 7) is 3.14. The second-order valence-electron chi connectivity index (χ2n) is 9.06. The lowest BCUT2D eigenvalue weighted by atomic mass is 10.0. The molecule has 1 aromatic carbocycles. The van der Waals surface area contributed by atoms with Crippen LogP contribution in [0.2, 0.25) is 0 Å². The molecular weight excluding hydrogens is 418 g/mol. The van der Waals surface area contributed by atoms with Gasteiger partial charge in [-0.05, 0) is 50.7 Å². The summed E-state index contributed by atoms with van der Waals surface area (Å²) in [6, 6.07) is 7.50. The molecule has 2 N–H and O–H groups in total. The van der Waals surface area contributed by atoms with Crippen molar-refractivity contribution >= 4 is 23.5 Å². The van der Waals surface area contributed by atoms with Gasteiger partial charge in [-0.25, -0.2) is 9.97 Å². The number of nitrogens with one attached hydrogen (secondary N) is 2. The van der Waals surface area contributed by atoms with E-state index in [1.54, 1.807) is 0 Å². The number of hydrogen-bond donors (Lipinski definition) is 2.